The van der Waals surface area contributed by atoms with Crippen molar-refractivity contribution in [2.24, 2.45) is 0 Å². The van der Waals surface area contributed by atoms with Crippen LogP contribution >= 0.6 is 0 Å². The number of ether oxygens (including phenoxy) is 1. The van der Waals surface area contributed by atoms with Crippen LogP contribution in [0.25, 0.3) is 0 Å². The van der Waals surface area contributed by atoms with E-state index < -0.39 is 57.5 Å². The van der Waals surface area contributed by atoms with Crippen molar-refractivity contribution in [2.75, 3.05) is 6.61 Å². The average molecular weight is 518 g/mol. The second kappa shape index (κ2) is 9.68. The van der Waals surface area contributed by atoms with Gasteiger partial charge in [-0.3, -0.25) is 14.3 Å². The number of rotatable bonds is 8. The fourth-order valence-electron chi connectivity index (χ4n) is 3.07. The van der Waals surface area contributed by atoms with E-state index in [0.717, 1.165) is 0 Å². The number of aromatic nitrogens is 2. The Balaban J connectivity index is 2.52. The lowest BCUT2D eigenvalue weighted by molar-refractivity contribution is -0.771. The van der Waals surface area contributed by atoms with Gasteiger partial charge in [0.05, 0.1) is 6.61 Å². The molecule has 1 saturated heterocycles. The van der Waals surface area contributed by atoms with Crippen LogP contribution in [0.5, 0.6) is 0 Å². The minimum Gasteiger partial charge on any atom is -0.414 e. The summed E-state index contributed by atoms with van der Waals surface area (Å²) in [6, 6.07) is 1.19. The molecule has 2 heterocycles. The third-order valence-electron chi connectivity index (χ3n) is 7.27. The molecule has 0 radical (unpaired) electrons. The molecule has 13 heteroatoms. The highest BCUT2D eigenvalue weighted by Crippen LogP contribution is 2.43. The highest BCUT2D eigenvalue weighted by atomic mass is 28.4. The summed E-state index contributed by atoms with van der Waals surface area (Å²) < 4.78 is 20.2. The highest BCUT2D eigenvalue weighted by Gasteiger charge is 2.53. The van der Waals surface area contributed by atoms with Crippen molar-refractivity contribution in [3.63, 3.8) is 0 Å². The summed E-state index contributed by atoms with van der Waals surface area (Å²) in [4.78, 5) is 43.0. The molecular weight excluding hydrogens is 478 g/mol. The molecule has 1 aliphatic heterocycles. The Labute approximate surface area is 202 Å². The Bertz CT molecular complexity index is 993. The molecule has 0 amide bonds. The Morgan fingerprint density at radius 1 is 1.06 bits per heavy atom. The van der Waals surface area contributed by atoms with E-state index in [-0.39, 0.29) is 16.7 Å². The molecule has 11 nitrogen and oxygen atoms in total. The van der Waals surface area contributed by atoms with Crippen molar-refractivity contribution < 1.29 is 23.5 Å². The lowest BCUT2D eigenvalue weighted by atomic mass is 10.1. The first-order chi connectivity index (χ1) is 15.3. The zero-order chi connectivity index (χ0) is 26.3. The van der Waals surface area contributed by atoms with Crippen LogP contribution in [0.4, 0.5) is 0 Å². The van der Waals surface area contributed by atoms with Crippen molar-refractivity contribution in [3.8, 4) is 0 Å². The standard InChI is InChI=1S/C21H39N3O8Si2/c1-20(2,3)33(7,8)29-13-14-16(31-24(27)28)17(32-34(9,10)21(4,5)6)18(30-14)23-12-11-15(25)22-19(23)26/h11-12,14,16-18H,13H2,1-10H3,(H,22,25,26)/t14-,16-,17-,18-/m1/s1. The first-order valence-electron chi connectivity index (χ1n) is 11.4. The van der Waals surface area contributed by atoms with Gasteiger partial charge in [-0.15, -0.1) is 10.1 Å². The second-order valence-electron chi connectivity index (χ2n) is 11.8. The van der Waals surface area contributed by atoms with Gasteiger partial charge in [-0.25, -0.2) is 4.79 Å². The van der Waals surface area contributed by atoms with Gasteiger partial charge in [-0.1, -0.05) is 41.5 Å². The van der Waals surface area contributed by atoms with Crippen molar-refractivity contribution in [2.45, 2.75) is 102 Å². The number of hydrogen-bond donors (Lipinski definition) is 1. The summed E-state index contributed by atoms with van der Waals surface area (Å²) in [7, 11) is -4.70. The van der Waals surface area contributed by atoms with Gasteiger partial charge in [0.1, 0.15) is 12.2 Å². The van der Waals surface area contributed by atoms with Gasteiger partial charge in [0.2, 0.25) is 0 Å². The van der Waals surface area contributed by atoms with Crippen molar-refractivity contribution >= 4 is 16.6 Å². The van der Waals surface area contributed by atoms with Crippen LogP contribution in [-0.2, 0) is 18.4 Å². The molecule has 0 bridgehead atoms. The minimum atomic E-state index is -2.49. The molecule has 4 atom stereocenters. The molecule has 1 N–H and O–H groups in total. The van der Waals surface area contributed by atoms with Crippen LogP contribution in [0.3, 0.4) is 0 Å². The van der Waals surface area contributed by atoms with Crippen LogP contribution in [-0.4, -0.2) is 56.2 Å². The third-order valence-corrected chi connectivity index (χ3v) is 16.2. The van der Waals surface area contributed by atoms with E-state index in [4.69, 9.17) is 18.4 Å². The molecule has 0 saturated carbocycles. The predicted octanol–water partition coefficient (Wildman–Crippen LogP) is 3.42. The van der Waals surface area contributed by atoms with E-state index >= 15 is 0 Å². The summed E-state index contributed by atoms with van der Waals surface area (Å²) in [5, 5.41) is 10.3. The normalized spacial score (nSPS) is 24.3. The first kappa shape index (κ1) is 28.4. The zero-order valence-electron chi connectivity index (χ0n) is 21.8. The molecule has 0 unspecified atom stereocenters. The van der Waals surface area contributed by atoms with Gasteiger partial charge < -0.3 is 18.4 Å². The Morgan fingerprint density at radius 2 is 1.62 bits per heavy atom. The Kier molecular flexibility index (Phi) is 8.10. The van der Waals surface area contributed by atoms with E-state index in [1.807, 2.05) is 33.9 Å². The van der Waals surface area contributed by atoms with E-state index in [2.05, 4.69) is 38.8 Å². The molecule has 1 aromatic rings. The first-order valence-corrected chi connectivity index (χ1v) is 17.2. The molecule has 0 aliphatic carbocycles. The molecule has 34 heavy (non-hydrogen) atoms. The fourth-order valence-corrected chi connectivity index (χ4v) is 5.37. The molecule has 2 rings (SSSR count). The summed E-state index contributed by atoms with van der Waals surface area (Å²) in [6.45, 7) is 20.6. The van der Waals surface area contributed by atoms with Crippen molar-refractivity contribution in [1.29, 1.82) is 0 Å². The second-order valence-corrected chi connectivity index (χ2v) is 21.4. The summed E-state index contributed by atoms with van der Waals surface area (Å²) >= 11 is 0. The predicted molar refractivity (Wildman–Crippen MR) is 132 cm³/mol. The van der Waals surface area contributed by atoms with E-state index in [0.29, 0.717) is 0 Å². The van der Waals surface area contributed by atoms with Gasteiger partial charge in [-0.2, -0.15) is 0 Å². The summed E-state index contributed by atoms with van der Waals surface area (Å²) in [5.74, 6) is 0. The van der Waals surface area contributed by atoms with Gasteiger partial charge in [-0.05, 0) is 36.3 Å². The van der Waals surface area contributed by atoms with Gasteiger partial charge in [0.15, 0.2) is 29.0 Å². The van der Waals surface area contributed by atoms with E-state index in [9.17, 15) is 19.7 Å². The topological polar surface area (TPSA) is 135 Å². The van der Waals surface area contributed by atoms with Crippen LogP contribution in [0.15, 0.2) is 21.9 Å². The molecule has 194 valence electrons. The van der Waals surface area contributed by atoms with Crippen LogP contribution in [0, 0.1) is 10.1 Å². The van der Waals surface area contributed by atoms with Gasteiger partial charge in [0, 0.05) is 12.3 Å². The fraction of sp³-hybridized carbons (Fsp3) is 0.810. The number of nitrogens with one attached hydrogen (secondary N) is 1. The van der Waals surface area contributed by atoms with Crippen LogP contribution < -0.4 is 11.2 Å². The van der Waals surface area contributed by atoms with Crippen LogP contribution in [0.1, 0.15) is 47.8 Å². The highest BCUT2D eigenvalue weighted by molar-refractivity contribution is 6.74. The van der Waals surface area contributed by atoms with Gasteiger partial charge >= 0.3 is 5.69 Å². The van der Waals surface area contributed by atoms with Crippen LogP contribution in [0.2, 0.25) is 36.3 Å². The maximum absolute atomic E-state index is 12.6. The average Bonchev–Trinajstić information content (AvgIpc) is 2.94. The third kappa shape index (κ3) is 6.24. The molecule has 0 aromatic carbocycles. The lowest BCUT2D eigenvalue weighted by Crippen LogP contribution is -2.51. The monoisotopic (exact) mass is 517 g/mol. The minimum absolute atomic E-state index is 0.0426. The quantitative estimate of drug-likeness (QED) is 0.315. The smallest absolute Gasteiger partial charge is 0.330 e. The van der Waals surface area contributed by atoms with Gasteiger partial charge in [0.25, 0.3) is 10.6 Å². The van der Waals surface area contributed by atoms with Crippen molar-refractivity contribution in [1.82, 2.24) is 9.55 Å². The molecular formula is C21H39N3O8Si2. The number of H-pyrrole nitrogens is 1. The molecule has 1 aliphatic rings. The summed E-state index contributed by atoms with van der Waals surface area (Å²) in [6.07, 6.45) is -2.70. The zero-order valence-corrected chi connectivity index (χ0v) is 23.8. The number of hydrogen-bond acceptors (Lipinski definition) is 8. The lowest BCUT2D eigenvalue weighted by Gasteiger charge is -2.40. The van der Waals surface area contributed by atoms with Crippen molar-refractivity contribution in [3.05, 3.63) is 43.2 Å². The van der Waals surface area contributed by atoms with E-state index in [1.165, 1.54) is 16.8 Å². The maximum atomic E-state index is 12.6. The summed E-state index contributed by atoms with van der Waals surface area (Å²) in [5.41, 5.74) is -1.26. The molecule has 1 fully saturated rings. The number of nitrogens with zero attached hydrogens (tertiary/aromatic N) is 2. The molecule has 0 spiro atoms. The molecule has 1 aromatic heterocycles. The Morgan fingerprint density at radius 3 is 2.09 bits per heavy atom. The number of aromatic amines is 1. The Hall–Kier alpha value is -1.81. The maximum Gasteiger partial charge on any atom is 0.330 e. The largest absolute Gasteiger partial charge is 0.414 e. The SMILES string of the molecule is CC(C)(C)[Si](C)(C)OC[C@H]1O[C@@H](n2ccc(=O)[nH]c2=O)[C@H](O[Si](C)(C)C(C)(C)C)[C@@H]1O[N+](=O)[O-]. The van der Waals surface area contributed by atoms with E-state index in [1.54, 1.807) is 0 Å².